The first-order chi connectivity index (χ1) is 7.93. The fourth-order valence-corrected chi connectivity index (χ4v) is 0. The maximum Gasteiger partial charge on any atom is 0.332 e. The number of rotatable bonds is 3. The normalized spacial score (nSPS) is 12.9. The molecule has 0 heterocycles. The van der Waals surface area contributed by atoms with Crippen LogP contribution >= 0.6 is 0 Å². The number of aliphatic hydroxyl groups is 3. The summed E-state index contributed by atoms with van der Waals surface area (Å²) in [6, 6.07) is 0. The monoisotopic (exact) mass is 412 g/mol. The maximum absolute atomic E-state index is 9.45. The molecule has 6 N–H and O–H groups in total. The zero-order valence-electron chi connectivity index (χ0n) is 10.6. The van der Waals surface area contributed by atoms with Crippen LogP contribution in [-0.4, -0.2) is 66.9 Å². The van der Waals surface area contributed by atoms with Crippen molar-refractivity contribution in [1.82, 2.24) is 0 Å². The zero-order chi connectivity index (χ0) is 15.5. The van der Waals surface area contributed by atoms with E-state index in [-0.39, 0.29) is 40.8 Å². The first kappa shape index (κ1) is 27.1. The van der Waals surface area contributed by atoms with E-state index in [1.54, 1.807) is 0 Å². The zero-order valence-corrected chi connectivity index (χ0v) is 13.8. The number of carboxylic acids is 3. The first-order valence-corrected chi connectivity index (χ1v) is 4.66. The Morgan fingerprint density at radius 1 is 0.632 bits per heavy atom. The summed E-state index contributed by atoms with van der Waals surface area (Å²) >= 11 is 0. The fraction of sp³-hybridized carbons (Fsp3) is 0.667. The quantitative estimate of drug-likeness (QED) is 0.316. The summed E-state index contributed by atoms with van der Waals surface area (Å²) in [5.41, 5.74) is 0. The van der Waals surface area contributed by atoms with Gasteiger partial charge in [0.2, 0.25) is 0 Å². The number of hydrogen-bond acceptors (Lipinski definition) is 6. The summed E-state index contributed by atoms with van der Waals surface area (Å²) in [4.78, 5) is 28.3. The Bertz CT molecular complexity index is 220. The predicted molar refractivity (Wildman–Crippen MR) is 57.9 cm³/mol. The van der Waals surface area contributed by atoms with E-state index in [4.69, 9.17) is 30.6 Å². The Morgan fingerprint density at radius 3 is 0.684 bits per heavy atom. The summed E-state index contributed by atoms with van der Waals surface area (Å²) in [6.07, 6.45) is -3.69. The largest absolute Gasteiger partial charge is 0.479 e. The Kier molecular flexibility index (Phi) is 22.4. The van der Waals surface area contributed by atoms with Crippen molar-refractivity contribution in [1.29, 1.82) is 0 Å². The third-order valence-corrected chi connectivity index (χ3v) is 1.07. The second kappa shape index (κ2) is 15.7. The number of aliphatic hydroxyl groups excluding tert-OH is 3. The number of carboxylic acid groups (broad SMARTS) is 3. The third-order valence-electron chi connectivity index (χ3n) is 1.07. The number of carbonyl (C=O) groups is 3. The van der Waals surface area contributed by atoms with Gasteiger partial charge < -0.3 is 30.6 Å². The van der Waals surface area contributed by atoms with Crippen LogP contribution < -0.4 is 0 Å². The van der Waals surface area contributed by atoms with Gasteiger partial charge in [0.15, 0.2) is 0 Å². The molecule has 0 aromatic carbocycles. The van der Waals surface area contributed by atoms with Gasteiger partial charge in [-0.2, -0.15) is 0 Å². The third kappa shape index (κ3) is 31.8. The molecule has 0 aliphatic carbocycles. The predicted octanol–water partition coefficient (Wildman–Crippen LogP) is -1.64. The van der Waals surface area contributed by atoms with E-state index in [2.05, 4.69) is 0 Å². The van der Waals surface area contributed by atoms with Gasteiger partial charge >= 0.3 is 17.9 Å². The molecular formula is C9H18NdO9. The molecule has 0 fully saturated rings. The molecule has 10 heteroatoms. The minimum Gasteiger partial charge on any atom is -0.479 e. The van der Waals surface area contributed by atoms with Crippen molar-refractivity contribution < 1.29 is 85.9 Å². The second-order valence-electron chi connectivity index (χ2n) is 3.04. The van der Waals surface area contributed by atoms with Gasteiger partial charge in [0.1, 0.15) is 18.3 Å². The van der Waals surface area contributed by atoms with Crippen molar-refractivity contribution in [3.63, 3.8) is 0 Å². The average Bonchev–Trinajstić information content (AvgIpc) is 2.18. The molecule has 0 rings (SSSR count). The molecule has 3 atom stereocenters. The van der Waals surface area contributed by atoms with Gasteiger partial charge in [-0.15, -0.1) is 0 Å². The number of hydrogen-bond donors (Lipinski definition) is 6. The van der Waals surface area contributed by atoms with E-state index in [0.717, 1.165) is 0 Å². The van der Waals surface area contributed by atoms with Crippen molar-refractivity contribution in [3.8, 4) is 0 Å². The van der Waals surface area contributed by atoms with Crippen LogP contribution in [0.15, 0.2) is 0 Å². The van der Waals surface area contributed by atoms with E-state index >= 15 is 0 Å². The molecule has 0 saturated carbocycles. The standard InChI is InChI=1S/3C3H6O3.Nd/c3*1-2(4)3(5)6;/h3*2,4H,1H3,(H,5,6);. The topological polar surface area (TPSA) is 173 Å². The molecular weight excluding hydrogens is 396 g/mol. The summed E-state index contributed by atoms with van der Waals surface area (Å²) in [7, 11) is 0. The van der Waals surface area contributed by atoms with Crippen LogP contribution in [0.5, 0.6) is 0 Å². The van der Waals surface area contributed by atoms with Gasteiger partial charge in [-0.05, 0) is 20.8 Å². The van der Waals surface area contributed by atoms with Gasteiger partial charge in [-0.25, -0.2) is 14.4 Å². The van der Waals surface area contributed by atoms with Crippen molar-refractivity contribution in [3.05, 3.63) is 0 Å². The van der Waals surface area contributed by atoms with Gasteiger partial charge in [-0.3, -0.25) is 0 Å². The molecule has 0 saturated heterocycles. The average molecular weight is 414 g/mol. The van der Waals surface area contributed by atoms with Gasteiger partial charge in [0.05, 0.1) is 0 Å². The van der Waals surface area contributed by atoms with Crippen molar-refractivity contribution >= 4 is 17.9 Å². The SMILES string of the molecule is CC(O)C(=O)O.CC(O)C(=O)O.CC(O)C(=O)O.[Nd]. The van der Waals surface area contributed by atoms with Crippen LogP contribution in [0.2, 0.25) is 0 Å². The fourth-order valence-electron chi connectivity index (χ4n) is 0. The van der Waals surface area contributed by atoms with Gasteiger partial charge in [-0.1, -0.05) is 0 Å². The Morgan fingerprint density at radius 2 is 0.684 bits per heavy atom. The Balaban J connectivity index is -0.0000000865. The smallest absolute Gasteiger partial charge is 0.332 e. The van der Waals surface area contributed by atoms with E-state index in [9.17, 15) is 14.4 Å². The van der Waals surface area contributed by atoms with E-state index < -0.39 is 36.2 Å². The molecule has 0 amide bonds. The van der Waals surface area contributed by atoms with Crippen molar-refractivity contribution in [2.24, 2.45) is 0 Å². The molecule has 9 nitrogen and oxygen atoms in total. The molecule has 0 aliphatic heterocycles. The van der Waals surface area contributed by atoms with Crippen LogP contribution in [0.1, 0.15) is 20.8 Å². The Labute approximate surface area is 142 Å². The minimum absolute atomic E-state index is 0. The number of aliphatic carboxylic acids is 3. The van der Waals surface area contributed by atoms with Crippen LogP contribution in [-0.2, 0) is 14.4 Å². The molecule has 0 aromatic rings. The first-order valence-electron chi connectivity index (χ1n) is 4.66. The van der Waals surface area contributed by atoms with Gasteiger partial charge in [0.25, 0.3) is 0 Å². The minimum atomic E-state index is -1.23. The summed E-state index contributed by atoms with van der Waals surface area (Å²) < 4.78 is 0. The summed E-state index contributed by atoms with van der Waals surface area (Å²) in [6.45, 7) is 3.59. The van der Waals surface area contributed by atoms with Crippen LogP contribution in [0.25, 0.3) is 0 Å². The van der Waals surface area contributed by atoms with E-state index in [1.807, 2.05) is 0 Å². The van der Waals surface area contributed by atoms with E-state index in [1.165, 1.54) is 20.8 Å². The Hall–Kier alpha value is -0.359. The molecule has 0 aliphatic rings. The van der Waals surface area contributed by atoms with Gasteiger partial charge in [0, 0.05) is 40.8 Å². The van der Waals surface area contributed by atoms with Crippen molar-refractivity contribution in [2.75, 3.05) is 0 Å². The molecule has 19 heavy (non-hydrogen) atoms. The summed E-state index contributed by atoms with van der Waals surface area (Å²) in [5.74, 6) is -3.56. The summed E-state index contributed by atoms with van der Waals surface area (Å²) in [5, 5.41) is 47.3. The molecule has 0 radical (unpaired) electrons. The maximum atomic E-state index is 9.45. The molecule has 0 aromatic heterocycles. The van der Waals surface area contributed by atoms with Crippen LogP contribution in [0, 0.1) is 40.8 Å². The molecule has 112 valence electrons. The van der Waals surface area contributed by atoms with Crippen molar-refractivity contribution in [2.45, 2.75) is 39.1 Å². The molecule has 0 bridgehead atoms. The van der Waals surface area contributed by atoms with E-state index in [0.29, 0.717) is 0 Å². The second-order valence-corrected chi connectivity index (χ2v) is 3.04. The molecule has 3 unspecified atom stereocenters. The molecule has 0 spiro atoms. The van der Waals surface area contributed by atoms with Crippen LogP contribution in [0.4, 0.5) is 0 Å². The van der Waals surface area contributed by atoms with Crippen LogP contribution in [0.3, 0.4) is 0 Å².